The lowest BCUT2D eigenvalue weighted by molar-refractivity contribution is 0.410. The Morgan fingerprint density at radius 3 is 2.14 bits per heavy atom. The number of halogens is 1. The Morgan fingerprint density at radius 2 is 1.67 bits per heavy atom. The van der Waals surface area contributed by atoms with E-state index in [2.05, 4.69) is 57.2 Å². The molecule has 120 valence electrons. The van der Waals surface area contributed by atoms with Crippen molar-refractivity contribution in [3.8, 4) is 0 Å². The van der Waals surface area contributed by atoms with E-state index in [-0.39, 0.29) is 16.9 Å². The van der Waals surface area contributed by atoms with Crippen LogP contribution in [0.2, 0.25) is 0 Å². The van der Waals surface area contributed by atoms with Gasteiger partial charge in [0.2, 0.25) is 0 Å². The van der Waals surface area contributed by atoms with E-state index in [1.54, 1.807) is 12.3 Å². The Bertz CT molecular complexity index is 440. The predicted molar refractivity (Wildman–Crippen MR) is 88.0 cm³/mol. The van der Waals surface area contributed by atoms with Crippen LogP contribution in [-0.4, -0.2) is 16.1 Å². The van der Waals surface area contributed by atoms with Gasteiger partial charge in [0.1, 0.15) is 0 Å². The van der Waals surface area contributed by atoms with Crippen LogP contribution in [0.15, 0.2) is 12.3 Å². The van der Waals surface area contributed by atoms with E-state index < -0.39 is 0 Å². The van der Waals surface area contributed by atoms with Crippen molar-refractivity contribution in [1.82, 2.24) is 10.3 Å². The van der Waals surface area contributed by atoms with Gasteiger partial charge in [-0.15, -0.1) is 0 Å². The van der Waals surface area contributed by atoms with Gasteiger partial charge in [0, 0.05) is 29.4 Å². The molecule has 0 saturated carbocycles. The zero-order chi connectivity index (χ0) is 16.1. The average molecular weight is 295 g/mol. The molecule has 0 atom stereocenters. The number of anilines is 1. The Labute approximate surface area is 128 Å². The molecule has 21 heavy (non-hydrogen) atoms. The molecule has 0 fully saturated rings. The molecule has 1 rings (SSSR count). The fraction of sp³-hybridized carbons (Fsp3) is 0.706. The van der Waals surface area contributed by atoms with E-state index in [4.69, 9.17) is 0 Å². The Balaban J connectivity index is 2.95. The van der Waals surface area contributed by atoms with Crippen LogP contribution in [0.5, 0.6) is 0 Å². The van der Waals surface area contributed by atoms with Crippen molar-refractivity contribution in [2.24, 2.45) is 0 Å². The van der Waals surface area contributed by atoms with Crippen molar-refractivity contribution in [3.63, 3.8) is 0 Å². The summed E-state index contributed by atoms with van der Waals surface area (Å²) in [5.41, 5.74) is 0.535. The smallest absolute Gasteiger partial charge is 0.169 e. The number of nitrogens with zero attached hydrogens (tertiary/aromatic N) is 1. The summed E-state index contributed by atoms with van der Waals surface area (Å²) >= 11 is 0. The monoisotopic (exact) mass is 295 g/mol. The first-order valence-corrected chi connectivity index (χ1v) is 7.93. The van der Waals surface area contributed by atoms with Gasteiger partial charge in [-0.05, 0) is 46.1 Å². The summed E-state index contributed by atoms with van der Waals surface area (Å²) in [4.78, 5) is 4.20. The topological polar surface area (TPSA) is 37.0 Å². The van der Waals surface area contributed by atoms with Gasteiger partial charge in [0.25, 0.3) is 0 Å². The summed E-state index contributed by atoms with van der Waals surface area (Å²) in [6.45, 7) is 13.1. The van der Waals surface area contributed by atoms with Crippen LogP contribution in [0.3, 0.4) is 0 Å². The Kier molecular flexibility index (Phi) is 6.14. The molecule has 0 aliphatic rings. The second kappa shape index (κ2) is 7.21. The van der Waals surface area contributed by atoms with Gasteiger partial charge in [-0.2, -0.15) is 0 Å². The van der Waals surface area contributed by atoms with E-state index in [0.717, 1.165) is 19.3 Å². The minimum absolute atomic E-state index is 0.0384. The highest BCUT2D eigenvalue weighted by molar-refractivity contribution is 5.42. The molecule has 1 heterocycles. The lowest BCUT2D eigenvalue weighted by atomic mass is 9.90. The molecule has 0 aromatic carbocycles. The van der Waals surface area contributed by atoms with E-state index in [0.29, 0.717) is 17.9 Å². The van der Waals surface area contributed by atoms with Gasteiger partial charge < -0.3 is 10.6 Å². The van der Waals surface area contributed by atoms with E-state index in [1.165, 1.54) is 0 Å². The third-order valence-electron chi connectivity index (χ3n) is 4.19. The molecule has 0 bridgehead atoms. The van der Waals surface area contributed by atoms with Crippen molar-refractivity contribution in [1.29, 1.82) is 0 Å². The van der Waals surface area contributed by atoms with E-state index in [9.17, 15) is 4.39 Å². The first kappa shape index (κ1) is 17.9. The molecule has 4 heteroatoms. The maximum Gasteiger partial charge on any atom is 0.169 e. The quantitative estimate of drug-likeness (QED) is 0.778. The summed E-state index contributed by atoms with van der Waals surface area (Å²) in [7, 11) is 0. The number of pyridine rings is 1. The minimum atomic E-state index is -0.242. The molecule has 0 radical (unpaired) electrons. The van der Waals surface area contributed by atoms with Crippen molar-refractivity contribution < 1.29 is 4.39 Å². The van der Waals surface area contributed by atoms with Gasteiger partial charge in [0.05, 0.1) is 0 Å². The fourth-order valence-corrected chi connectivity index (χ4v) is 2.33. The van der Waals surface area contributed by atoms with Gasteiger partial charge in [-0.25, -0.2) is 9.37 Å². The Hall–Kier alpha value is -1.16. The summed E-state index contributed by atoms with van der Waals surface area (Å²) < 4.78 is 14.6. The molecule has 2 N–H and O–H groups in total. The number of hydrogen-bond donors (Lipinski definition) is 2. The maximum absolute atomic E-state index is 14.6. The molecular formula is C17H30FN3. The number of hydrogen-bond acceptors (Lipinski definition) is 3. The molecule has 0 saturated heterocycles. The summed E-state index contributed by atoms with van der Waals surface area (Å²) in [5.74, 6) is 0.128. The van der Waals surface area contributed by atoms with Gasteiger partial charge in [0.15, 0.2) is 11.6 Å². The first-order valence-electron chi connectivity index (χ1n) is 7.93. The number of aromatic nitrogens is 1. The predicted octanol–water partition coefficient (Wildman–Crippen LogP) is 4.49. The van der Waals surface area contributed by atoms with Crippen LogP contribution in [-0.2, 0) is 6.54 Å². The van der Waals surface area contributed by atoms with E-state index >= 15 is 0 Å². The van der Waals surface area contributed by atoms with Crippen LogP contribution in [0, 0.1) is 5.82 Å². The van der Waals surface area contributed by atoms with Gasteiger partial charge in [-0.3, -0.25) is 0 Å². The summed E-state index contributed by atoms with van der Waals surface area (Å²) in [6.07, 6.45) is 4.53. The normalized spacial score (nSPS) is 12.5. The molecule has 1 aromatic rings. The van der Waals surface area contributed by atoms with Gasteiger partial charge in [-0.1, -0.05) is 20.8 Å². The molecular weight excluding hydrogens is 265 g/mol. The highest BCUT2D eigenvalue weighted by Gasteiger charge is 2.25. The zero-order valence-corrected chi connectivity index (χ0v) is 14.3. The molecule has 0 amide bonds. The SMILES string of the molecule is CCC(CC)(CC)Nc1nccc(CNC(C)(C)C)c1F. The summed E-state index contributed by atoms with van der Waals surface area (Å²) in [6, 6.07) is 1.74. The molecule has 0 aliphatic carbocycles. The fourth-order valence-electron chi connectivity index (χ4n) is 2.33. The molecule has 0 unspecified atom stereocenters. The summed E-state index contributed by atoms with van der Waals surface area (Å²) in [5, 5.41) is 6.65. The minimum Gasteiger partial charge on any atom is -0.362 e. The van der Waals surface area contributed by atoms with Gasteiger partial charge >= 0.3 is 0 Å². The number of nitrogens with one attached hydrogen (secondary N) is 2. The van der Waals surface area contributed by atoms with Crippen LogP contribution in [0.25, 0.3) is 0 Å². The van der Waals surface area contributed by atoms with Crippen molar-refractivity contribution in [2.45, 2.75) is 78.4 Å². The largest absolute Gasteiger partial charge is 0.362 e. The highest BCUT2D eigenvalue weighted by Crippen LogP contribution is 2.27. The average Bonchev–Trinajstić information content (AvgIpc) is 2.44. The molecule has 1 aromatic heterocycles. The third kappa shape index (κ3) is 4.95. The standard InChI is InChI=1S/C17H30FN3/c1-7-17(8-2,9-3)21-15-14(18)13(10-11-19-15)12-20-16(4,5)6/h10-11,20H,7-9,12H2,1-6H3,(H,19,21). The van der Waals surface area contributed by atoms with Crippen molar-refractivity contribution >= 4 is 5.82 Å². The van der Waals surface area contributed by atoms with E-state index in [1.807, 2.05) is 0 Å². The van der Waals surface area contributed by atoms with Crippen LogP contribution >= 0.6 is 0 Å². The van der Waals surface area contributed by atoms with Crippen molar-refractivity contribution in [3.05, 3.63) is 23.6 Å². The molecule has 0 aliphatic heterocycles. The number of rotatable bonds is 7. The first-order chi connectivity index (χ1) is 9.77. The van der Waals surface area contributed by atoms with Crippen molar-refractivity contribution in [2.75, 3.05) is 5.32 Å². The lowest BCUT2D eigenvalue weighted by Crippen LogP contribution is -2.37. The molecule has 0 spiro atoms. The van der Waals surface area contributed by atoms with Crippen LogP contribution < -0.4 is 10.6 Å². The second-order valence-corrected chi connectivity index (χ2v) is 6.70. The van der Waals surface area contributed by atoms with Crippen LogP contribution in [0.1, 0.15) is 66.4 Å². The Morgan fingerprint density at radius 1 is 1.10 bits per heavy atom. The third-order valence-corrected chi connectivity index (χ3v) is 4.19. The zero-order valence-electron chi connectivity index (χ0n) is 14.3. The highest BCUT2D eigenvalue weighted by atomic mass is 19.1. The molecule has 3 nitrogen and oxygen atoms in total. The second-order valence-electron chi connectivity index (χ2n) is 6.70. The lowest BCUT2D eigenvalue weighted by Gasteiger charge is -2.32. The maximum atomic E-state index is 14.6. The van der Waals surface area contributed by atoms with Crippen LogP contribution in [0.4, 0.5) is 10.2 Å².